The van der Waals surface area contributed by atoms with Crippen LogP contribution < -0.4 is 10.6 Å². The summed E-state index contributed by atoms with van der Waals surface area (Å²) in [5, 5.41) is 7.16. The van der Waals surface area contributed by atoms with Crippen LogP contribution in [0.3, 0.4) is 0 Å². The zero-order valence-corrected chi connectivity index (χ0v) is 17.8. The first kappa shape index (κ1) is 21.0. The maximum absolute atomic E-state index is 12.5. The summed E-state index contributed by atoms with van der Waals surface area (Å²) >= 11 is 1.58. The highest BCUT2D eigenvalue weighted by Crippen LogP contribution is 2.30. The second-order valence-corrected chi connectivity index (χ2v) is 8.30. The molecule has 6 nitrogen and oxygen atoms in total. The first-order valence-electron chi connectivity index (χ1n) is 9.80. The Kier molecular flexibility index (Phi) is 6.69. The van der Waals surface area contributed by atoms with Crippen LogP contribution in [-0.2, 0) is 27.2 Å². The van der Waals surface area contributed by atoms with E-state index in [0.29, 0.717) is 5.56 Å². The van der Waals surface area contributed by atoms with Crippen molar-refractivity contribution in [1.29, 1.82) is 0 Å². The summed E-state index contributed by atoms with van der Waals surface area (Å²) in [6.45, 7) is 5.13. The highest BCUT2D eigenvalue weighted by molar-refractivity contribution is 7.10. The Hall–Kier alpha value is -2.67. The Morgan fingerprint density at radius 1 is 1.14 bits per heavy atom. The predicted molar refractivity (Wildman–Crippen MR) is 113 cm³/mol. The summed E-state index contributed by atoms with van der Waals surface area (Å²) in [5.74, 6) is -1.31. The topological polar surface area (TPSA) is 84.5 Å². The summed E-state index contributed by atoms with van der Waals surface area (Å²) in [5.41, 5.74) is 4.27. The van der Waals surface area contributed by atoms with E-state index in [1.165, 1.54) is 11.8 Å². The number of hydrogen-bond acceptors (Lipinski definition) is 5. The van der Waals surface area contributed by atoms with Gasteiger partial charge < -0.3 is 15.4 Å². The average Bonchev–Trinajstić information content (AvgIpc) is 3.13. The number of hydrogen-bond donors (Lipinski definition) is 2. The van der Waals surface area contributed by atoms with Crippen molar-refractivity contribution in [3.63, 3.8) is 0 Å². The molecule has 3 rings (SSSR count). The molecule has 1 atom stereocenters. The Morgan fingerprint density at radius 2 is 1.83 bits per heavy atom. The molecule has 29 heavy (non-hydrogen) atoms. The number of carbonyl (C=O) groups is 3. The Labute approximate surface area is 174 Å². The molecule has 0 unspecified atom stereocenters. The first-order chi connectivity index (χ1) is 13.9. The lowest BCUT2D eigenvalue weighted by molar-refractivity contribution is -0.130. The van der Waals surface area contributed by atoms with Gasteiger partial charge in [-0.1, -0.05) is 18.2 Å². The Balaban J connectivity index is 1.51. The zero-order valence-electron chi connectivity index (χ0n) is 17.0. The lowest BCUT2D eigenvalue weighted by Crippen LogP contribution is -2.40. The number of aryl methyl sites for hydroxylation is 3. The lowest BCUT2D eigenvalue weighted by Gasteiger charge is -2.16. The summed E-state index contributed by atoms with van der Waals surface area (Å²) < 4.78 is 5.34. The van der Waals surface area contributed by atoms with Crippen molar-refractivity contribution in [1.82, 2.24) is 5.32 Å². The van der Waals surface area contributed by atoms with Gasteiger partial charge in [0, 0.05) is 15.9 Å². The third kappa shape index (κ3) is 5.03. The second kappa shape index (κ2) is 9.22. The zero-order chi connectivity index (χ0) is 21.0. The fraction of sp³-hybridized carbons (Fsp3) is 0.409. The minimum absolute atomic E-state index is 0.192. The smallest absolute Gasteiger partial charge is 0.340 e. The van der Waals surface area contributed by atoms with E-state index in [4.69, 9.17) is 4.74 Å². The van der Waals surface area contributed by atoms with Crippen LogP contribution in [-0.4, -0.2) is 30.4 Å². The number of para-hydroxylation sites is 1. The Bertz CT molecular complexity index is 915. The number of thiophene rings is 1. The van der Waals surface area contributed by atoms with E-state index in [9.17, 15) is 14.4 Å². The number of nitrogens with one attached hydrogen (secondary N) is 2. The number of anilines is 1. The molecule has 0 saturated carbocycles. The van der Waals surface area contributed by atoms with Crippen molar-refractivity contribution in [3.05, 3.63) is 50.7 Å². The SMILES string of the molecule is Cc1cccc(C)c1NC(=O)CNC(=O)[C@H](C)OC(=O)c1csc2c1CCCC2. The molecular weight excluding hydrogens is 388 g/mol. The van der Waals surface area contributed by atoms with E-state index in [2.05, 4.69) is 10.6 Å². The largest absolute Gasteiger partial charge is 0.449 e. The molecule has 1 aromatic heterocycles. The van der Waals surface area contributed by atoms with Crippen LogP contribution in [0.25, 0.3) is 0 Å². The van der Waals surface area contributed by atoms with Crippen LogP contribution in [0.2, 0.25) is 0 Å². The maximum Gasteiger partial charge on any atom is 0.340 e. The first-order valence-corrected chi connectivity index (χ1v) is 10.7. The van der Waals surface area contributed by atoms with Crippen molar-refractivity contribution in [2.45, 2.75) is 52.6 Å². The van der Waals surface area contributed by atoms with Gasteiger partial charge >= 0.3 is 5.97 Å². The lowest BCUT2D eigenvalue weighted by atomic mass is 9.96. The number of rotatable bonds is 6. The fourth-order valence-corrected chi connectivity index (χ4v) is 4.56. The average molecular weight is 415 g/mol. The molecule has 0 fully saturated rings. The Morgan fingerprint density at radius 3 is 2.55 bits per heavy atom. The number of esters is 1. The van der Waals surface area contributed by atoms with Gasteiger partial charge in [0.25, 0.3) is 5.91 Å². The van der Waals surface area contributed by atoms with Gasteiger partial charge in [0.2, 0.25) is 5.91 Å². The van der Waals surface area contributed by atoms with Crippen molar-refractivity contribution >= 4 is 34.8 Å². The van der Waals surface area contributed by atoms with Crippen LogP contribution >= 0.6 is 11.3 Å². The number of carbonyl (C=O) groups excluding carboxylic acids is 3. The van der Waals surface area contributed by atoms with Gasteiger partial charge in [-0.05, 0) is 63.1 Å². The minimum atomic E-state index is -0.977. The van der Waals surface area contributed by atoms with E-state index in [0.717, 1.165) is 48.1 Å². The van der Waals surface area contributed by atoms with Crippen LogP contribution in [0, 0.1) is 13.8 Å². The van der Waals surface area contributed by atoms with Crippen LogP contribution in [0.1, 0.15) is 51.7 Å². The summed E-state index contributed by atoms with van der Waals surface area (Å²) in [7, 11) is 0. The highest BCUT2D eigenvalue weighted by Gasteiger charge is 2.25. The molecule has 0 spiro atoms. The summed E-state index contributed by atoms with van der Waals surface area (Å²) in [6.07, 6.45) is 3.11. The van der Waals surface area contributed by atoms with E-state index in [-0.39, 0.29) is 12.5 Å². The maximum atomic E-state index is 12.5. The van der Waals surface area contributed by atoms with Gasteiger partial charge in [-0.15, -0.1) is 11.3 Å². The van der Waals surface area contributed by atoms with E-state index in [1.807, 2.05) is 37.4 Å². The molecule has 1 aliphatic carbocycles. The molecule has 1 aromatic carbocycles. The quantitative estimate of drug-likeness (QED) is 0.708. The van der Waals surface area contributed by atoms with Gasteiger partial charge in [-0.3, -0.25) is 9.59 Å². The standard InChI is InChI=1S/C22H26N2O4S/c1-13-7-6-8-14(2)20(13)24-19(25)11-23-21(26)15(3)28-22(27)17-12-29-18-10-5-4-9-16(17)18/h6-8,12,15H,4-5,9-11H2,1-3H3,(H,23,26)(H,24,25)/t15-/m0/s1. The van der Waals surface area contributed by atoms with Crippen molar-refractivity contribution in [2.75, 3.05) is 11.9 Å². The van der Waals surface area contributed by atoms with Crippen LogP contribution in [0.4, 0.5) is 5.69 Å². The van der Waals surface area contributed by atoms with Gasteiger partial charge in [0.05, 0.1) is 12.1 Å². The van der Waals surface area contributed by atoms with Gasteiger partial charge in [0.1, 0.15) is 0 Å². The predicted octanol–water partition coefficient (Wildman–Crippen LogP) is 3.54. The molecule has 2 aromatic rings. The second-order valence-electron chi connectivity index (χ2n) is 7.34. The monoisotopic (exact) mass is 414 g/mol. The molecule has 2 amide bonds. The van der Waals surface area contributed by atoms with Crippen molar-refractivity contribution in [3.8, 4) is 0 Å². The van der Waals surface area contributed by atoms with Gasteiger partial charge in [0.15, 0.2) is 6.10 Å². The molecule has 7 heteroatoms. The minimum Gasteiger partial charge on any atom is -0.449 e. The van der Waals surface area contributed by atoms with Gasteiger partial charge in [-0.25, -0.2) is 4.79 Å². The molecule has 1 heterocycles. The molecule has 2 N–H and O–H groups in total. The number of benzene rings is 1. The summed E-state index contributed by atoms with van der Waals surface area (Å²) in [4.78, 5) is 38.2. The van der Waals surface area contributed by atoms with Crippen molar-refractivity contribution in [2.24, 2.45) is 0 Å². The van der Waals surface area contributed by atoms with Gasteiger partial charge in [-0.2, -0.15) is 0 Å². The van der Waals surface area contributed by atoms with E-state index in [1.54, 1.807) is 11.3 Å². The molecule has 0 aliphatic heterocycles. The number of amides is 2. The van der Waals surface area contributed by atoms with Crippen LogP contribution in [0.15, 0.2) is 23.6 Å². The normalized spacial score (nSPS) is 13.9. The third-order valence-corrected chi connectivity index (χ3v) is 6.19. The number of ether oxygens (including phenoxy) is 1. The summed E-state index contributed by atoms with van der Waals surface area (Å²) in [6, 6.07) is 5.74. The molecule has 0 saturated heterocycles. The van der Waals surface area contributed by atoms with Crippen LogP contribution in [0.5, 0.6) is 0 Å². The molecule has 0 bridgehead atoms. The van der Waals surface area contributed by atoms with E-state index < -0.39 is 18.0 Å². The van der Waals surface area contributed by atoms with E-state index >= 15 is 0 Å². The fourth-order valence-electron chi connectivity index (χ4n) is 3.45. The number of fused-ring (bicyclic) bond motifs is 1. The highest BCUT2D eigenvalue weighted by atomic mass is 32.1. The molecule has 0 radical (unpaired) electrons. The molecule has 154 valence electrons. The third-order valence-electron chi connectivity index (χ3n) is 5.10. The molecule has 1 aliphatic rings. The van der Waals surface area contributed by atoms with Crippen molar-refractivity contribution < 1.29 is 19.1 Å². The molecular formula is C22H26N2O4S.